The van der Waals surface area contributed by atoms with E-state index in [4.69, 9.17) is 10.8 Å². The van der Waals surface area contributed by atoms with Gasteiger partial charge in [-0.1, -0.05) is 31.5 Å². The zero-order valence-corrected chi connectivity index (χ0v) is 11.8. The van der Waals surface area contributed by atoms with Gasteiger partial charge in [-0.05, 0) is 24.5 Å². The summed E-state index contributed by atoms with van der Waals surface area (Å²) >= 11 is 0. The van der Waals surface area contributed by atoms with Crippen LogP contribution in [0.2, 0.25) is 0 Å². The monoisotopic (exact) mass is 278 g/mol. The molecule has 0 saturated heterocycles. The van der Waals surface area contributed by atoms with Gasteiger partial charge in [-0.3, -0.25) is 4.79 Å². The highest BCUT2D eigenvalue weighted by molar-refractivity contribution is 5.89. The van der Waals surface area contributed by atoms with E-state index in [9.17, 15) is 9.59 Å². The summed E-state index contributed by atoms with van der Waals surface area (Å²) in [5, 5.41) is 11.9. The van der Waals surface area contributed by atoms with Crippen LogP contribution >= 0.6 is 0 Å². The van der Waals surface area contributed by atoms with Gasteiger partial charge in [0.25, 0.3) is 0 Å². The largest absolute Gasteiger partial charge is 0.478 e. The van der Waals surface area contributed by atoms with Crippen LogP contribution in [0.15, 0.2) is 24.3 Å². The van der Waals surface area contributed by atoms with Crippen LogP contribution in [0.25, 0.3) is 0 Å². The van der Waals surface area contributed by atoms with Gasteiger partial charge in [0.2, 0.25) is 5.91 Å². The van der Waals surface area contributed by atoms with Crippen LogP contribution in [0.1, 0.15) is 35.7 Å². The number of nitrogens with one attached hydrogen (secondary N) is 1. The Morgan fingerprint density at radius 3 is 2.65 bits per heavy atom. The first-order valence-corrected chi connectivity index (χ1v) is 6.89. The third-order valence-electron chi connectivity index (χ3n) is 3.23. The van der Waals surface area contributed by atoms with E-state index in [0.717, 1.165) is 18.4 Å². The van der Waals surface area contributed by atoms with Crippen molar-refractivity contribution in [1.29, 1.82) is 0 Å². The lowest BCUT2D eigenvalue weighted by molar-refractivity contribution is -0.124. The molecule has 1 unspecified atom stereocenters. The zero-order valence-electron chi connectivity index (χ0n) is 11.8. The first kappa shape index (κ1) is 16.2. The number of nitrogens with two attached hydrogens (primary N) is 1. The van der Waals surface area contributed by atoms with E-state index < -0.39 is 5.97 Å². The van der Waals surface area contributed by atoms with Gasteiger partial charge in [0.1, 0.15) is 0 Å². The number of carboxylic acid groups (broad SMARTS) is 1. The minimum Gasteiger partial charge on any atom is -0.478 e. The lowest BCUT2D eigenvalue weighted by atomic mass is 10.0. The van der Waals surface area contributed by atoms with Crippen molar-refractivity contribution in [3.63, 3.8) is 0 Å². The SMILES string of the molecule is CCCC(CN)C(=O)NCCc1ccccc1C(=O)O. The minimum atomic E-state index is -0.947. The Bertz CT molecular complexity index is 460. The van der Waals surface area contributed by atoms with Crippen molar-refractivity contribution < 1.29 is 14.7 Å². The summed E-state index contributed by atoms with van der Waals surface area (Å²) in [5.41, 5.74) is 6.57. The van der Waals surface area contributed by atoms with Crippen molar-refractivity contribution in [3.8, 4) is 0 Å². The topological polar surface area (TPSA) is 92.4 Å². The maximum absolute atomic E-state index is 11.9. The predicted molar refractivity (Wildman–Crippen MR) is 77.6 cm³/mol. The lowest BCUT2D eigenvalue weighted by Crippen LogP contribution is -2.36. The van der Waals surface area contributed by atoms with Gasteiger partial charge in [0.15, 0.2) is 0 Å². The van der Waals surface area contributed by atoms with Crippen molar-refractivity contribution in [3.05, 3.63) is 35.4 Å². The van der Waals surface area contributed by atoms with E-state index in [2.05, 4.69) is 5.32 Å². The summed E-state index contributed by atoms with van der Waals surface area (Å²) in [4.78, 5) is 22.9. The summed E-state index contributed by atoms with van der Waals surface area (Å²) in [6.07, 6.45) is 2.18. The van der Waals surface area contributed by atoms with Gasteiger partial charge in [0.05, 0.1) is 11.5 Å². The van der Waals surface area contributed by atoms with E-state index in [-0.39, 0.29) is 17.4 Å². The number of carboxylic acids is 1. The van der Waals surface area contributed by atoms with Crippen LogP contribution in [0.3, 0.4) is 0 Å². The average Bonchev–Trinajstić information content (AvgIpc) is 2.44. The molecule has 1 atom stereocenters. The van der Waals surface area contributed by atoms with Crippen LogP contribution in [0, 0.1) is 5.92 Å². The van der Waals surface area contributed by atoms with Gasteiger partial charge in [-0.25, -0.2) is 4.79 Å². The molecule has 1 aromatic carbocycles. The average molecular weight is 278 g/mol. The van der Waals surface area contributed by atoms with Crippen molar-refractivity contribution in [1.82, 2.24) is 5.32 Å². The van der Waals surface area contributed by atoms with Crippen molar-refractivity contribution >= 4 is 11.9 Å². The highest BCUT2D eigenvalue weighted by atomic mass is 16.4. The molecule has 0 aliphatic rings. The second kappa shape index (κ2) is 8.32. The van der Waals surface area contributed by atoms with E-state index >= 15 is 0 Å². The van der Waals surface area contributed by atoms with Crippen molar-refractivity contribution in [2.24, 2.45) is 11.7 Å². The van der Waals surface area contributed by atoms with Crippen LogP contribution in [-0.4, -0.2) is 30.1 Å². The number of hydrogen-bond donors (Lipinski definition) is 3. The molecule has 1 rings (SSSR count). The highest BCUT2D eigenvalue weighted by Gasteiger charge is 2.15. The fourth-order valence-corrected chi connectivity index (χ4v) is 2.12. The number of amides is 1. The minimum absolute atomic E-state index is 0.0536. The Labute approximate surface area is 119 Å². The van der Waals surface area contributed by atoms with E-state index in [1.165, 1.54) is 0 Å². The number of aromatic carboxylic acids is 1. The summed E-state index contributed by atoms with van der Waals surface area (Å²) < 4.78 is 0. The number of carbonyl (C=O) groups excluding carboxylic acids is 1. The van der Waals surface area contributed by atoms with Gasteiger partial charge < -0.3 is 16.2 Å². The van der Waals surface area contributed by atoms with E-state index in [1.807, 2.05) is 6.92 Å². The summed E-state index contributed by atoms with van der Waals surface area (Å²) in [7, 11) is 0. The maximum atomic E-state index is 11.9. The molecule has 1 aromatic rings. The molecule has 20 heavy (non-hydrogen) atoms. The number of carbonyl (C=O) groups is 2. The third-order valence-corrected chi connectivity index (χ3v) is 3.23. The Morgan fingerprint density at radius 2 is 2.05 bits per heavy atom. The number of rotatable bonds is 8. The van der Waals surface area contributed by atoms with Crippen LogP contribution in [0.5, 0.6) is 0 Å². The van der Waals surface area contributed by atoms with Crippen molar-refractivity contribution in [2.45, 2.75) is 26.2 Å². The number of benzene rings is 1. The van der Waals surface area contributed by atoms with Gasteiger partial charge in [-0.2, -0.15) is 0 Å². The third kappa shape index (κ3) is 4.66. The molecule has 0 aromatic heterocycles. The molecule has 1 amide bonds. The molecule has 0 bridgehead atoms. The molecule has 0 radical (unpaired) electrons. The normalized spacial score (nSPS) is 11.9. The number of hydrogen-bond acceptors (Lipinski definition) is 3. The second-order valence-corrected chi connectivity index (χ2v) is 4.72. The molecule has 0 aliphatic heterocycles. The van der Waals surface area contributed by atoms with Gasteiger partial charge in [-0.15, -0.1) is 0 Å². The first-order valence-electron chi connectivity index (χ1n) is 6.89. The summed E-state index contributed by atoms with van der Waals surface area (Å²) in [5.74, 6) is -1.16. The van der Waals surface area contributed by atoms with Crippen LogP contribution < -0.4 is 11.1 Å². The summed E-state index contributed by atoms with van der Waals surface area (Å²) in [6.45, 7) is 2.77. The summed E-state index contributed by atoms with van der Waals surface area (Å²) in [6, 6.07) is 6.82. The van der Waals surface area contributed by atoms with Crippen LogP contribution in [0.4, 0.5) is 0 Å². The maximum Gasteiger partial charge on any atom is 0.335 e. The first-order chi connectivity index (χ1) is 9.60. The smallest absolute Gasteiger partial charge is 0.335 e. The predicted octanol–water partition coefficient (Wildman–Crippen LogP) is 1.42. The van der Waals surface area contributed by atoms with Gasteiger partial charge >= 0.3 is 5.97 Å². The van der Waals surface area contributed by atoms with E-state index in [0.29, 0.717) is 19.5 Å². The highest BCUT2D eigenvalue weighted by Crippen LogP contribution is 2.09. The second-order valence-electron chi connectivity index (χ2n) is 4.72. The van der Waals surface area contributed by atoms with Gasteiger partial charge in [0, 0.05) is 13.1 Å². The molecule has 0 aliphatic carbocycles. The Hall–Kier alpha value is -1.88. The fraction of sp³-hybridized carbons (Fsp3) is 0.467. The fourth-order valence-electron chi connectivity index (χ4n) is 2.12. The molecule has 5 nitrogen and oxygen atoms in total. The van der Waals surface area contributed by atoms with Crippen LogP contribution in [-0.2, 0) is 11.2 Å². The Morgan fingerprint density at radius 1 is 1.35 bits per heavy atom. The Balaban J connectivity index is 2.52. The molecule has 4 N–H and O–H groups in total. The molecule has 5 heteroatoms. The standard InChI is InChI=1S/C15H22N2O3/c1-2-5-12(10-16)14(18)17-9-8-11-6-3-4-7-13(11)15(19)20/h3-4,6-7,12H,2,5,8-10,16H2,1H3,(H,17,18)(H,19,20). The molecular formula is C15H22N2O3. The molecule has 110 valence electrons. The molecule has 0 heterocycles. The Kier molecular flexibility index (Phi) is 6.73. The molecule has 0 saturated carbocycles. The van der Waals surface area contributed by atoms with E-state index in [1.54, 1.807) is 24.3 Å². The zero-order chi connectivity index (χ0) is 15.0. The van der Waals surface area contributed by atoms with Crippen molar-refractivity contribution in [2.75, 3.05) is 13.1 Å². The lowest BCUT2D eigenvalue weighted by Gasteiger charge is -2.14. The molecule has 0 spiro atoms. The quantitative estimate of drug-likeness (QED) is 0.670. The molecular weight excluding hydrogens is 256 g/mol. The molecule has 0 fully saturated rings.